The number of carbonyl (C=O) groups is 1. The van der Waals surface area contributed by atoms with Crippen LogP contribution < -0.4 is 14.5 Å². The lowest BCUT2D eigenvalue weighted by atomic mass is 10.2. The molecule has 1 aliphatic heterocycles. The van der Waals surface area contributed by atoms with E-state index in [0.717, 1.165) is 46.0 Å². The van der Waals surface area contributed by atoms with Crippen molar-refractivity contribution in [3.63, 3.8) is 0 Å². The van der Waals surface area contributed by atoms with Crippen molar-refractivity contribution in [2.75, 3.05) is 36.0 Å². The Balaban J connectivity index is 1.29. The molecule has 31 heavy (non-hydrogen) atoms. The highest BCUT2D eigenvalue weighted by atomic mass is 79.9. The van der Waals surface area contributed by atoms with Crippen LogP contribution in [-0.4, -0.2) is 37.1 Å². The highest BCUT2D eigenvalue weighted by molar-refractivity contribution is 9.10. The van der Waals surface area contributed by atoms with E-state index in [4.69, 9.17) is 9.72 Å². The Morgan fingerprint density at radius 1 is 0.903 bits per heavy atom. The zero-order valence-corrected chi connectivity index (χ0v) is 19.1. The second kappa shape index (κ2) is 8.69. The molecule has 0 bridgehead atoms. The van der Waals surface area contributed by atoms with Gasteiger partial charge in [0.1, 0.15) is 5.75 Å². The Morgan fingerprint density at radius 2 is 1.61 bits per heavy atom. The van der Waals surface area contributed by atoms with Crippen molar-refractivity contribution in [3.05, 3.63) is 82.8 Å². The average molecular weight is 494 g/mol. The molecule has 0 atom stereocenters. The van der Waals surface area contributed by atoms with Gasteiger partial charge in [-0.2, -0.15) is 0 Å². The standard InChI is InChI=1S/C24H20BrN3O2S/c25-20-9-5-4-8-19(20)23(29)30-18-10-11-21-22(16-18)31-24(26-21)28-14-12-27(13-15-28)17-6-2-1-3-7-17/h1-11,16H,12-15H2. The largest absolute Gasteiger partial charge is 0.423 e. The summed E-state index contributed by atoms with van der Waals surface area (Å²) in [6.45, 7) is 3.79. The maximum Gasteiger partial charge on any atom is 0.344 e. The molecular weight excluding hydrogens is 474 g/mol. The van der Waals surface area contributed by atoms with Gasteiger partial charge >= 0.3 is 5.97 Å². The molecule has 1 aliphatic rings. The first kappa shape index (κ1) is 20.0. The number of anilines is 2. The van der Waals surface area contributed by atoms with Crippen LogP contribution in [0, 0.1) is 0 Å². The van der Waals surface area contributed by atoms with Crippen LogP contribution in [0.1, 0.15) is 10.4 Å². The summed E-state index contributed by atoms with van der Waals surface area (Å²) in [5.74, 6) is 0.144. The Kier molecular flexibility index (Phi) is 5.61. The van der Waals surface area contributed by atoms with Crippen LogP contribution in [0.5, 0.6) is 5.75 Å². The first-order valence-corrected chi connectivity index (χ1v) is 11.7. The maximum atomic E-state index is 12.5. The second-order valence-corrected chi connectivity index (χ2v) is 9.17. The number of ether oxygens (including phenoxy) is 1. The predicted molar refractivity (Wildman–Crippen MR) is 130 cm³/mol. The predicted octanol–water partition coefficient (Wildman–Crippen LogP) is 5.60. The number of benzene rings is 3. The zero-order chi connectivity index (χ0) is 21.2. The van der Waals surface area contributed by atoms with E-state index in [1.54, 1.807) is 23.5 Å². The molecule has 0 saturated carbocycles. The average Bonchev–Trinajstić information content (AvgIpc) is 3.23. The topological polar surface area (TPSA) is 45.7 Å². The third-order valence-corrected chi connectivity index (χ3v) is 7.09. The highest BCUT2D eigenvalue weighted by Gasteiger charge is 2.20. The molecule has 0 N–H and O–H groups in total. The Bertz CT molecular complexity index is 1220. The van der Waals surface area contributed by atoms with Gasteiger partial charge in [0.15, 0.2) is 5.13 Å². The second-order valence-electron chi connectivity index (χ2n) is 7.30. The number of rotatable bonds is 4. The summed E-state index contributed by atoms with van der Waals surface area (Å²) >= 11 is 5.04. The van der Waals surface area contributed by atoms with E-state index >= 15 is 0 Å². The number of carbonyl (C=O) groups excluding carboxylic acids is 1. The van der Waals surface area contributed by atoms with Crippen LogP contribution in [0.2, 0.25) is 0 Å². The minimum atomic E-state index is -0.381. The highest BCUT2D eigenvalue weighted by Crippen LogP contribution is 2.32. The molecule has 156 valence electrons. The van der Waals surface area contributed by atoms with Crippen LogP contribution in [0.15, 0.2) is 77.3 Å². The van der Waals surface area contributed by atoms with Crippen molar-refractivity contribution < 1.29 is 9.53 Å². The van der Waals surface area contributed by atoms with Gasteiger partial charge in [-0.25, -0.2) is 9.78 Å². The Labute approximate surface area is 193 Å². The summed E-state index contributed by atoms with van der Waals surface area (Å²) in [6, 6.07) is 23.4. The summed E-state index contributed by atoms with van der Waals surface area (Å²) < 4.78 is 7.33. The molecule has 1 aromatic heterocycles. The maximum absolute atomic E-state index is 12.5. The number of fused-ring (bicyclic) bond motifs is 1. The lowest BCUT2D eigenvalue weighted by Crippen LogP contribution is -2.46. The van der Waals surface area contributed by atoms with Gasteiger partial charge in [-0.1, -0.05) is 41.7 Å². The van der Waals surface area contributed by atoms with Crippen molar-refractivity contribution in [2.24, 2.45) is 0 Å². The van der Waals surface area contributed by atoms with Crippen molar-refractivity contribution in [1.29, 1.82) is 0 Å². The van der Waals surface area contributed by atoms with Gasteiger partial charge in [0.05, 0.1) is 15.8 Å². The number of halogens is 1. The van der Waals surface area contributed by atoms with Crippen LogP contribution in [0.3, 0.4) is 0 Å². The van der Waals surface area contributed by atoms with Crippen molar-refractivity contribution in [1.82, 2.24) is 4.98 Å². The molecule has 0 radical (unpaired) electrons. The molecule has 1 fully saturated rings. The lowest BCUT2D eigenvalue weighted by molar-refractivity contribution is 0.0734. The molecule has 3 aromatic carbocycles. The van der Waals surface area contributed by atoms with E-state index in [1.807, 2.05) is 36.4 Å². The molecule has 0 unspecified atom stereocenters. The van der Waals surface area contributed by atoms with Crippen molar-refractivity contribution in [2.45, 2.75) is 0 Å². The first-order chi connectivity index (χ1) is 15.2. The molecule has 5 rings (SSSR count). The van der Waals surface area contributed by atoms with Crippen molar-refractivity contribution in [3.8, 4) is 5.75 Å². The third kappa shape index (κ3) is 4.29. The molecule has 0 amide bonds. The molecule has 1 saturated heterocycles. The fraction of sp³-hybridized carbons (Fsp3) is 0.167. The van der Waals surface area contributed by atoms with E-state index < -0.39 is 0 Å². The minimum Gasteiger partial charge on any atom is -0.423 e. The molecule has 7 heteroatoms. The van der Waals surface area contributed by atoms with E-state index in [-0.39, 0.29) is 5.97 Å². The Hall–Kier alpha value is -2.90. The van der Waals surface area contributed by atoms with Gasteiger partial charge in [0.25, 0.3) is 0 Å². The summed E-state index contributed by atoms with van der Waals surface area (Å²) in [6.07, 6.45) is 0. The monoisotopic (exact) mass is 493 g/mol. The number of nitrogens with zero attached hydrogens (tertiary/aromatic N) is 3. The molecule has 0 aliphatic carbocycles. The normalized spacial score (nSPS) is 14.1. The van der Waals surface area contributed by atoms with E-state index in [9.17, 15) is 4.79 Å². The van der Waals surface area contributed by atoms with E-state index in [0.29, 0.717) is 11.3 Å². The number of hydrogen-bond acceptors (Lipinski definition) is 6. The number of piperazine rings is 1. The van der Waals surface area contributed by atoms with Gasteiger partial charge in [0.2, 0.25) is 0 Å². The fourth-order valence-electron chi connectivity index (χ4n) is 3.68. The molecule has 5 nitrogen and oxygen atoms in total. The van der Waals surface area contributed by atoms with Gasteiger partial charge in [-0.15, -0.1) is 0 Å². The molecule has 4 aromatic rings. The summed E-state index contributed by atoms with van der Waals surface area (Å²) in [7, 11) is 0. The number of para-hydroxylation sites is 1. The van der Waals surface area contributed by atoms with E-state index in [1.165, 1.54) is 5.69 Å². The van der Waals surface area contributed by atoms with Crippen LogP contribution >= 0.6 is 27.3 Å². The third-order valence-electron chi connectivity index (χ3n) is 5.32. The summed E-state index contributed by atoms with van der Waals surface area (Å²) in [5, 5.41) is 1.01. The summed E-state index contributed by atoms with van der Waals surface area (Å²) in [4.78, 5) is 22.0. The number of aromatic nitrogens is 1. The van der Waals surface area contributed by atoms with Gasteiger partial charge in [-0.05, 0) is 52.3 Å². The smallest absolute Gasteiger partial charge is 0.344 e. The zero-order valence-electron chi connectivity index (χ0n) is 16.7. The SMILES string of the molecule is O=C(Oc1ccc2nc(N3CCN(c4ccccc4)CC3)sc2c1)c1ccccc1Br. The number of hydrogen-bond donors (Lipinski definition) is 0. The van der Waals surface area contributed by atoms with Gasteiger partial charge in [0, 0.05) is 42.4 Å². The Morgan fingerprint density at radius 3 is 2.39 bits per heavy atom. The number of esters is 1. The van der Waals surface area contributed by atoms with Crippen LogP contribution in [0.4, 0.5) is 10.8 Å². The van der Waals surface area contributed by atoms with E-state index in [2.05, 4.69) is 50.0 Å². The van der Waals surface area contributed by atoms with Crippen LogP contribution in [0.25, 0.3) is 10.2 Å². The molecule has 0 spiro atoms. The quantitative estimate of drug-likeness (QED) is 0.273. The minimum absolute atomic E-state index is 0.381. The number of thiazole rings is 1. The first-order valence-electron chi connectivity index (χ1n) is 10.1. The van der Waals surface area contributed by atoms with Crippen LogP contribution in [-0.2, 0) is 0 Å². The van der Waals surface area contributed by atoms with Gasteiger partial charge in [-0.3, -0.25) is 0 Å². The van der Waals surface area contributed by atoms with Crippen molar-refractivity contribution >= 4 is 54.3 Å². The fourth-order valence-corrected chi connectivity index (χ4v) is 5.17. The summed E-state index contributed by atoms with van der Waals surface area (Å²) in [5.41, 5.74) is 2.69. The molecular formula is C24H20BrN3O2S. The van der Waals surface area contributed by atoms with Gasteiger partial charge < -0.3 is 14.5 Å². The lowest BCUT2D eigenvalue weighted by Gasteiger charge is -2.35. The molecule has 2 heterocycles.